The van der Waals surface area contributed by atoms with Gasteiger partial charge >= 0.3 is 0 Å². The highest BCUT2D eigenvalue weighted by atomic mass is 16.1. The number of rotatable bonds is 7. The Morgan fingerprint density at radius 2 is 1.47 bits per heavy atom. The first-order valence-electron chi connectivity index (χ1n) is 13.1. The van der Waals surface area contributed by atoms with E-state index in [1.165, 1.54) is 24.8 Å². The summed E-state index contributed by atoms with van der Waals surface area (Å²) < 4.78 is 0. The second kappa shape index (κ2) is 9.88. The Bertz CT molecular complexity index is 1060. The molecule has 1 unspecified atom stereocenters. The molecule has 5 rings (SSSR count). The molecular weight excluding hydrogens is 414 g/mol. The number of hydrogen-bond donors (Lipinski definition) is 1. The van der Waals surface area contributed by atoms with Gasteiger partial charge in [0.25, 0.3) is 0 Å². The Kier molecular flexibility index (Phi) is 6.70. The molecule has 1 atom stereocenters. The van der Waals surface area contributed by atoms with Crippen molar-refractivity contribution in [2.75, 3.05) is 13.1 Å². The van der Waals surface area contributed by atoms with Gasteiger partial charge in [-0.15, -0.1) is 0 Å². The summed E-state index contributed by atoms with van der Waals surface area (Å²) in [6, 6.07) is 30.2. The first kappa shape index (κ1) is 23.1. The summed E-state index contributed by atoms with van der Waals surface area (Å²) in [7, 11) is 0. The molecule has 0 radical (unpaired) electrons. The van der Waals surface area contributed by atoms with Gasteiger partial charge in [-0.3, -0.25) is 4.79 Å². The highest BCUT2D eigenvalue weighted by Gasteiger charge is 2.44. The number of ketones is 1. The molecule has 1 fully saturated rings. The van der Waals surface area contributed by atoms with E-state index in [1.807, 2.05) is 6.92 Å². The van der Waals surface area contributed by atoms with Crippen molar-refractivity contribution in [1.82, 2.24) is 5.32 Å². The highest BCUT2D eigenvalue weighted by molar-refractivity contribution is 5.93. The van der Waals surface area contributed by atoms with Crippen LogP contribution in [0.1, 0.15) is 67.7 Å². The minimum atomic E-state index is -0.574. The van der Waals surface area contributed by atoms with Crippen LogP contribution in [-0.4, -0.2) is 18.9 Å². The van der Waals surface area contributed by atoms with Crippen LogP contribution in [0.2, 0.25) is 0 Å². The van der Waals surface area contributed by atoms with E-state index in [-0.39, 0.29) is 0 Å². The number of piperidine rings is 1. The normalized spacial score (nSPS) is 19.5. The second-order valence-electron chi connectivity index (χ2n) is 10.4. The van der Waals surface area contributed by atoms with E-state index in [4.69, 9.17) is 0 Å². The zero-order chi connectivity index (χ0) is 23.4. The van der Waals surface area contributed by atoms with Gasteiger partial charge in [0.1, 0.15) is 5.78 Å². The van der Waals surface area contributed by atoms with Crippen molar-refractivity contribution < 1.29 is 4.79 Å². The van der Waals surface area contributed by atoms with E-state index in [2.05, 4.69) is 90.2 Å². The number of carbonyl (C=O) groups is 1. The molecule has 1 aliphatic carbocycles. The van der Waals surface area contributed by atoms with Gasteiger partial charge in [0.15, 0.2) is 0 Å². The van der Waals surface area contributed by atoms with Crippen LogP contribution in [0.3, 0.4) is 0 Å². The Labute approximate surface area is 204 Å². The van der Waals surface area contributed by atoms with Gasteiger partial charge in [-0.1, -0.05) is 91.9 Å². The first-order chi connectivity index (χ1) is 16.7. The lowest BCUT2D eigenvalue weighted by Gasteiger charge is -2.46. The first-order valence-corrected chi connectivity index (χ1v) is 13.1. The minimum absolute atomic E-state index is 0.293. The monoisotopic (exact) mass is 451 g/mol. The molecule has 1 saturated heterocycles. The molecule has 176 valence electrons. The van der Waals surface area contributed by atoms with Gasteiger partial charge in [-0.25, -0.2) is 0 Å². The molecular formula is C32H37NO. The van der Waals surface area contributed by atoms with E-state index >= 15 is 0 Å². The SMILES string of the molecule is CCC(=O)C(CCC1Cc2ccccc2C2(CCNCC2)C1)(c1ccccc1)c1ccccc1. The number of nitrogens with one attached hydrogen (secondary N) is 1. The Hall–Kier alpha value is -2.71. The lowest BCUT2D eigenvalue weighted by Crippen LogP contribution is -2.44. The lowest BCUT2D eigenvalue weighted by molar-refractivity contribution is -0.123. The van der Waals surface area contributed by atoms with Crippen LogP contribution in [0.15, 0.2) is 84.9 Å². The number of fused-ring (bicyclic) bond motifs is 2. The third-order valence-corrected chi connectivity index (χ3v) is 8.60. The summed E-state index contributed by atoms with van der Waals surface area (Å²) in [5.41, 5.74) is 5.13. The molecule has 2 nitrogen and oxygen atoms in total. The van der Waals surface area contributed by atoms with Gasteiger partial charge in [-0.2, -0.15) is 0 Å². The average Bonchev–Trinajstić information content (AvgIpc) is 2.90. The second-order valence-corrected chi connectivity index (χ2v) is 10.4. The van der Waals surface area contributed by atoms with Crippen LogP contribution in [0, 0.1) is 5.92 Å². The van der Waals surface area contributed by atoms with Crippen molar-refractivity contribution in [2.24, 2.45) is 5.92 Å². The van der Waals surface area contributed by atoms with Crippen molar-refractivity contribution in [3.8, 4) is 0 Å². The van der Waals surface area contributed by atoms with Gasteiger partial charge in [0.05, 0.1) is 5.41 Å². The third-order valence-electron chi connectivity index (χ3n) is 8.60. The smallest absolute Gasteiger partial charge is 0.147 e. The van der Waals surface area contributed by atoms with E-state index in [9.17, 15) is 4.79 Å². The Morgan fingerprint density at radius 1 is 0.882 bits per heavy atom. The van der Waals surface area contributed by atoms with E-state index < -0.39 is 5.41 Å². The van der Waals surface area contributed by atoms with Crippen LogP contribution in [0.4, 0.5) is 0 Å². The van der Waals surface area contributed by atoms with Gasteiger partial charge in [0, 0.05) is 6.42 Å². The molecule has 0 aromatic heterocycles. The van der Waals surface area contributed by atoms with Crippen molar-refractivity contribution in [1.29, 1.82) is 0 Å². The molecule has 1 aliphatic heterocycles. The number of hydrogen-bond acceptors (Lipinski definition) is 2. The number of benzene rings is 3. The van der Waals surface area contributed by atoms with Crippen LogP contribution in [0.5, 0.6) is 0 Å². The van der Waals surface area contributed by atoms with Crippen LogP contribution in [0.25, 0.3) is 0 Å². The summed E-state index contributed by atoms with van der Waals surface area (Å²) >= 11 is 0. The fourth-order valence-corrected chi connectivity index (χ4v) is 6.93. The summed E-state index contributed by atoms with van der Waals surface area (Å²) in [6.45, 7) is 4.23. The van der Waals surface area contributed by atoms with E-state index in [0.717, 1.165) is 43.5 Å². The molecule has 2 aliphatic rings. The van der Waals surface area contributed by atoms with Gasteiger partial charge in [0.2, 0.25) is 0 Å². The highest BCUT2D eigenvalue weighted by Crippen LogP contribution is 2.48. The maximum absolute atomic E-state index is 13.8. The predicted octanol–water partition coefficient (Wildman–Crippen LogP) is 6.62. The molecule has 1 N–H and O–H groups in total. The topological polar surface area (TPSA) is 29.1 Å². The fraction of sp³-hybridized carbons (Fsp3) is 0.406. The molecule has 1 spiro atoms. The third kappa shape index (κ3) is 4.14. The minimum Gasteiger partial charge on any atom is -0.317 e. The molecule has 0 bridgehead atoms. The van der Waals surface area contributed by atoms with Crippen LogP contribution in [-0.2, 0) is 22.0 Å². The quantitative estimate of drug-likeness (QED) is 0.438. The molecule has 1 heterocycles. The van der Waals surface area contributed by atoms with Gasteiger partial charge < -0.3 is 5.32 Å². The maximum Gasteiger partial charge on any atom is 0.147 e. The summed E-state index contributed by atoms with van der Waals surface area (Å²) in [5, 5.41) is 3.58. The zero-order valence-electron chi connectivity index (χ0n) is 20.4. The summed E-state index contributed by atoms with van der Waals surface area (Å²) in [6.07, 6.45) is 7.30. The maximum atomic E-state index is 13.8. The van der Waals surface area contributed by atoms with Gasteiger partial charge in [-0.05, 0) is 85.2 Å². The van der Waals surface area contributed by atoms with Crippen molar-refractivity contribution in [3.05, 3.63) is 107 Å². The number of Topliss-reactive ketones (excluding diaryl/α,β-unsaturated/α-hetero) is 1. The molecule has 34 heavy (non-hydrogen) atoms. The standard InChI is InChI=1S/C32H37NO/c1-2-30(34)32(27-12-5-3-6-13-27,28-14-7-4-8-15-28)18-17-25-23-26-11-9-10-16-29(26)31(24-25)19-21-33-22-20-31/h3-16,25,33H,2,17-24H2,1H3. The molecule has 0 amide bonds. The molecule has 3 aromatic rings. The molecule has 0 saturated carbocycles. The van der Waals surface area contributed by atoms with Crippen molar-refractivity contribution >= 4 is 5.78 Å². The number of carbonyl (C=O) groups excluding carboxylic acids is 1. The summed E-state index contributed by atoms with van der Waals surface area (Å²) in [5.74, 6) is 0.933. The summed E-state index contributed by atoms with van der Waals surface area (Å²) in [4.78, 5) is 13.8. The average molecular weight is 452 g/mol. The van der Waals surface area contributed by atoms with Crippen molar-refractivity contribution in [2.45, 2.75) is 62.7 Å². The van der Waals surface area contributed by atoms with E-state index in [1.54, 1.807) is 5.56 Å². The molecule has 2 heteroatoms. The van der Waals surface area contributed by atoms with Crippen LogP contribution < -0.4 is 5.32 Å². The lowest BCUT2D eigenvalue weighted by atomic mass is 9.60. The Balaban J connectivity index is 1.50. The largest absolute Gasteiger partial charge is 0.317 e. The fourth-order valence-electron chi connectivity index (χ4n) is 6.93. The molecule has 3 aromatic carbocycles. The van der Waals surface area contributed by atoms with E-state index in [0.29, 0.717) is 23.5 Å². The Morgan fingerprint density at radius 3 is 2.09 bits per heavy atom. The predicted molar refractivity (Wildman–Crippen MR) is 140 cm³/mol. The van der Waals surface area contributed by atoms with Crippen molar-refractivity contribution in [3.63, 3.8) is 0 Å². The van der Waals surface area contributed by atoms with Crippen LogP contribution >= 0.6 is 0 Å². The zero-order valence-corrected chi connectivity index (χ0v) is 20.4.